The Kier molecular flexibility index (Phi) is 5.17. The molecule has 0 aliphatic carbocycles. The Morgan fingerprint density at radius 1 is 1.53 bits per heavy atom. The predicted molar refractivity (Wildman–Crippen MR) is 60.6 cm³/mol. The first-order valence-corrected chi connectivity index (χ1v) is 5.59. The molecule has 0 aromatic heterocycles. The second kappa shape index (κ2) is 6.41. The van der Waals surface area contributed by atoms with Crippen molar-refractivity contribution in [2.45, 2.75) is 12.5 Å². The number of amides is 2. The summed E-state index contributed by atoms with van der Waals surface area (Å²) in [6, 6.07) is -1.80. The van der Waals surface area contributed by atoms with E-state index >= 15 is 0 Å². The van der Waals surface area contributed by atoms with Gasteiger partial charge in [0, 0.05) is 13.1 Å². The van der Waals surface area contributed by atoms with Gasteiger partial charge in [-0.2, -0.15) is 0 Å². The fourth-order valence-electron chi connectivity index (χ4n) is 1.82. The van der Waals surface area contributed by atoms with Crippen LogP contribution in [0.5, 0.6) is 0 Å². The molecular weight excluding hydrogens is 226 g/mol. The highest BCUT2D eigenvalue weighted by Gasteiger charge is 2.22. The number of aliphatic hydroxyl groups is 1. The lowest BCUT2D eigenvalue weighted by Gasteiger charge is -2.15. The maximum absolute atomic E-state index is 11.3. The van der Waals surface area contributed by atoms with Gasteiger partial charge in [0.25, 0.3) is 0 Å². The van der Waals surface area contributed by atoms with Crippen LogP contribution >= 0.6 is 0 Å². The van der Waals surface area contributed by atoms with Crippen molar-refractivity contribution in [2.24, 2.45) is 5.92 Å². The molecule has 1 aliphatic heterocycles. The molecule has 7 nitrogen and oxygen atoms in total. The molecule has 0 radical (unpaired) electrons. The molecule has 1 unspecified atom stereocenters. The van der Waals surface area contributed by atoms with Crippen LogP contribution in [0.1, 0.15) is 6.42 Å². The third-order valence-corrected chi connectivity index (χ3v) is 2.83. The van der Waals surface area contributed by atoms with Crippen molar-refractivity contribution in [1.29, 1.82) is 0 Å². The summed E-state index contributed by atoms with van der Waals surface area (Å²) in [5, 5.41) is 22.2. The molecule has 1 heterocycles. The molecule has 1 fully saturated rings. The summed E-state index contributed by atoms with van der Waals surface area (Å²) >= 11 is 0. The zero-order chi connectivity index (χ0) is 12.8. The number of nitrogens with zero attached hydrogens (tertiary/aromatic N) is 1. The number of aliphatic hydroxyl groups excluding tert-OH is 1. The Hall–Kier alpha value is -1.34. The van der Waals surface area contributed by atoms with Crippen LogP contribution in [0.15, 0.2) is 0 Å². The van der Waals surface area contributed by atoms with Gasteiger partial charge in [-0.3, -0.25) is 0 Å². The first-order valence-electron chi connectivity index (χ1n) is 5.59. The normalized spacial score (nSPS) is 22.1. The van der Waals surface area contributed by atoms with Crippen LogP contribution in [0.4, 0.5) is 4.79 Å². The maximum Gasteiger partial charge on any atom is 0.328 e. The third kappa shape index (κ3) is 4.58. The summed E-state index contributed by atoms with van der Waals surface area (Å²) < 4.78 is 0. The highest BCUT2D eigenvalue weighted by atomic mass is 16.4. The van der Waals surface area contributed by atoms with E-state index in [0.29, 0.717) is 12.5 Å². The van der Waals surface area contributed by atoms with Gasteiger partial charge in [0.2, 0.25) is 0 Å². The fourth-order valence-corrected chi connectivity index (χ4v) is 1.82. The van der Waals surface area contributed by atoms with Gasteiger partial charge < -0.3 is 25.7 Å². The van der Waals surface area contributed by atoms with Gasteiger partial charge in [-0.1, -0.05) is 0 Å². The maximum atomic E-state index is 11.3. The highest BCUT2D eigenvalue weighted by molar-refractivity contribution is 5.82. The minimum Gasteiger partial charge on any atom is -0.480 e. The van der Waals surface area contributed by atoms with Crippen LogP contribution in [-0.4, -0.2) is 66.4 Å². The van der Waals surface area contributed by atoms with Gasteiger partial charge >= 0.3 is 12.0 Å². The molecule has 98 valence electrons. The number of nitrogens with one attached hydrogen (secondary N) is 2. The number of carboxylic acids is 1. The molecule has 4 N–H and O–H groups in total. The molecule has 1 saturated heterocycles. The van der Waals surface area contributed by atoms with Gasteiger partial charge in [0.15, 0.2) is 6.04 Å². The molecular formula is C10H19N3O4. The van der Waals surface area contributed by atoms with Crippen LogP contribution in [-0.2, 0) is 4.79 Å². The van der Waals surface area contributed by atoms with Crippen molar-refractivity contribution in [2.75, 3.05) is 33.3 Å². The van der Waals surface area contributed by atoms with Crippen molar-refractivity contribution >= 4 is 12.0 Å². The molecule has 0 aromatic carbocycles. The van der Waals surface area contributed by atoms with Gasteiger partial charge in [-0.25, -0.2) is 9.59 Å². The smallest absolute Gasteiger partial charge is 0.328 e. The van der Waals surface area contributed by atoms with Crippen LogP contribution in [0.25, 0.3) is 0 Å². The van der Waals surface area contributed by atoms with Crippen molar-refractivity contribution in [1.82, 2.24) is 15.5 Å². The molecule has 2 amide bonds. The van der Waals surface area contributed by atoms with Crippen LogP contribution in [0, 0.1) is 5.92 Å². The van der Waals surface area contributed by atoms with E-state index < -0.39 is 24.6 Å². The first kappa shape index (κ1) is 13.7. The number of rotatable bonds is 5. The van der Waals surface area contributed by atoms with Crippen molar-refractivity contribution in [3.05, 3.63) is 0 Å². The quantitative estimate of drug-likeness (QED) is 0.481. The Morgan fingerprint density at radius 2 is 2.24 bits per heavy atom. The number of aliphatic carboxylic acids is 1. The molecule has 2 atom stereocenters. The lowest BCUT2D eigenvalue weighted by Crippen LogP contribution is -2.48. The molecule has 0 spiro atoms. The first-order chi connectivity index (χ1) is 8.02. The summed E-state index contributed by atoms with van der Waals surface area (Å²) in [6.45, 7) is 1.86. The zero-order valence-electron chi connectivity index (χ0n) is 9.85. The van der Waals surface area contributed by atoms with E-state index in [1.54, 1.807) is 0 Å². The molecule has 0 bridgehead atoms. The molecule has 1 rings (SSSR count). The summed E-state index contributed by atoms with van der Waals surface area (Å²) in [6.07, 6.45) is 1.03. The number of carboxylic acid groups (broad SMARTS) is 1. The van der Waals surface area contributed by atoms with E-state index in [1.165, 1.54) is 0 Å². The average molecular weight is 245 g/mol. The molecule has 7 heteroatoms. The van der Waals surface area contributed by atoms with Crippen molar-refractivity contribution in [3.63, 3.8) is 0 Å². The van der Waals surface area contributed by atoms with Crippen LogP contribution < -0.4 is 10.6 Å². The topological polar surface area (TPSA) is 102 Å². The number of likely N-dealkylation sites (tertiary alicyclic amines) is 1. The van der Waals surface area contributed by atoms with Crippen LogP contribution in [0.3, 0.4) is 0 Å². The number of urea groups is 1. The number of carbonyl (C=O) groups excluding carboxylic acids is 1. The van der Waals surface area contributed by atoms with Gasteiger partial charge in [-0.15, -0.1) is 0 Å². The standard InChI is InChI=1S/C10H19N3O4/c1-13-3-2-7(5-13)4-11-10(17)12-8(6-14)9(15)16/h7-8,14H,2-6H2,1H3,(H,15,16)(H2,11,12,17)/t7?,8-/m0/s1. The van der Waals surface area contributed by atoms with E-state index in [0.717, 1.165) is 19.5 Å². The predicted octanol–water partition coefficient (Wildman–Crippen LogP) is -1.32. The minimum atomic E-state index is -1.25. The summed E-state index contributed by atoms with van der Waals surface area (Å²) in [4.78, 5) is 24.1. The van der Waals surface area contributed by atoms with Gasteiger partial charge in [0.05, 0.1) is 6.61 Å². The van der Waals surface area contributed by atoms with Crippen molar-refractivity contribution in [3.8, 4) is 0 Å². The number of carbonyl (C=O) groups is 2. The molecule has 1 aliphatic rings. The highest BCUT2D eigenvalue weighted by Crippen LogP contribution is 2.12. The lowest BCUT2D eigenvalue weighted by atomic mass is 10.1. The third-order valence-electron chi connectivity index (χ3n) is 2.83. The monoisotopic (exact) mass is 245 g/mol. The van der Waals surface area contributed by atoms with E-state index in [4.69, 9.17) is 10.2 Å². The second-order valence-electron chi connectivity index (χ2n) is 4.34. The Morgan fingerprint density at radius 3 is 2.71 bits per heavy atom. The molecule has 17 heavy (non-hydrogen) atoms. The second-order valence-corrected chi connectivity index (χ2v) is 4.34. The molecule has 0 aromatic rings. The van der Waals surface area contributed by atoms with E-state index in [-0.39, 0.29) is 0 Å². The van der Waals surface area contributed by atoms with E-state index in [9.17, 15) is 9.59 Å². The van der Waals surface area contributed by atoms with E-state index in [2.05, 4.69) is 15.5 Å². The number of hydrogen-bond donors (Lipinski definition) is 4. The van der Waals surface area contributed by atoms with Gasteiger partial charge in [0.1, 0.15) is 0 Å². The lowest BCUT2D eigenvalue weighted by molar-refractivity contribution is -0.140. The zero-order valence-corrected chi connectivity index (χ0v) is 9.85. The summed E-state index contributed by atoms with van der Waals surface area (Å²) in [7, 11) is 2.02. The fraction of sp³-hybridized carbons (Fsp3) is 0.800. The minimum absolute atomic E-state index is 0.406. The van der Waals surface area contributed by atoms with E-state index in [1.807, 2.05) is 7.05 Å². The number of hydrogen-bond acceptors (Lipinski definition) is 4. The van der Waals surface area contributed by atoms with Crippen LogP contribution in [0.2, 0.25) is 0 Å². The summed E-state index contributed by atoms with van der Waals surface area (Å²) in [5.41, 5.74) is 0. The average Bonchev–Trinajstić information content (AvgIpc) is 2.68. The molecule has 0 saturated carbocycles. The Bertz CT molecular complexity index is 285. The SMILES string of the molecule is CN1CCC(CNC(=O)N[C@@H](CO)C(=O)O)C1. The largest absolute Gasteiger partial charge is 0.480 e. The van der Waals surface area contributed by atoms with Gasteiger partial charge in [-0.05, 0) is 25.9 Å². The Balaban J connectivity index is 2.23. The van der Waals surface area contributed by atoms with Crippen molar-refractivity contribution < 1.29 is 19.8 Å². The summed E-state index contributed by atoms with van der Waals surface area (Å²) in [5.74, 6) is -0.841. The Labute approximate surface area is 99.8 Å².